The molecule has 96 heavy (non-hydrogen) atoms. The molecule has 0 radical (unpaired) electrons. The van der Waals surface area contributed by atoms with Gasteiger partial charge in [0.15, 0.2) is 0 Å². The molecule has 0 N–H and O–H groups in total. The van der Waals surface area contributed by atoms with E-state index in [9.17, 15) is 0 Å². The maximum Gasteiger partial charge on any atom is 0.122 e. The number of hydrogen-bond acceptors (Lipinski definition) is 8. The molecule has 12 heteroatoms. The van der Waals surface area contributed by atoms with Crippen molar-refractivity contribution in [2.24, 2.45) is 0 Å². The van der Waals surface area contributed by atoms with Crippen LogP contribution in [-0.4, -0.2) is 34.3 Å². The molecule has 0 bridgehead atoms. The van der Waals surface area contributed by atoms with Crippen LogP contribution < -0.4 is 29.8 Å². The third-order valence-corrected chi connectivity index (χ3v) is 20.7. The number of fused-ring (bicyclic) bond motifs is 14. The summed E-state index contributed by atoms with van der Waals surface area (Å²) in [5.74, 6) is 1.82. The summed E-state index contributed by atoms with van der Waals surface area (Å²) in [6.45, 7) is 4.38. The predicted octanol–water partition coefficient (Wildman–Crippen LogP) is 15.9. The van der Waals surface area contributed by atoms with Crippen LogP contribution in [0, 0.1) is 25.5 Å². The zero-order valence-electron chi connectivity index (χ0n) is 52.0. The summed E-state index contributed by atoms with van der Waals surface area (Å²) in [7, 11) is 4.19. The van der Waals surface area contributed by atoms with Crippen molar-refractivity contribution in [3.63, 3.8) is 0 Å². The second kappa shape index (κ2) is 22.6. The Balaban J connectivity index is 0.000000142. The van der Waals surface area contributed by atoms with E-state index < -0.39 is 21.9 Å². The second-order valence-corrected chi connectivity index (χ2v) is 25.0. The van der Waals surface area contributed by atoms with Crippen molar-refractivity contribution in [1.29, 1.82) is 0 Å². The molecular weight excluding hydrogens is 1540 g/mol. The summed E-state index contributed by atoms with van der Waals surface area (Å²) < 4.78 is 0. The summed E-state index contributed by atoms with van der Waals surface area (Å²) in [5.41, 5.74) is 24.5. The summed E-state index contributed by atoms with van der Waals surface area (Å²) in [6, 6.07) is 104. The second-order valence-electron chi connectivity index (χ2n) is 25.0. The maximum atomic E-state index is 4.99. The number of anilines is 4. The standard InChI is InChI=1S/2C42H28N5.2Pt/c2*1-46-27-47(40-38(46)22-11-24-43-40)42(36-20-8-4-16-32(36)33-17-5-9-21-37(33)42)29-13-10-12-28(26-29)41(39-23-25-44-45-39)34-18-6-2-14-30(34)31-15-3-7-19-35(31)41;;/h2*2-25,27H,1H3;;/q2*-3;;. The van der Waals surface area contributed by atoms with Gasteiger partial charge in [0.05, 0.1) is 21.9 Å². The van der Waals surface area contributed by atoms with Gasteiger partial charge >= 0.3 is 0 Å². The van der Waals surface area contributed by atoms with Gasteiger partial charge in [0.2, 0.25) is 0 Å². The van der Waals surface area contributed by atoms with Crippen LogP contribution in [0.5, 0.6) is 0 Å². The van der Waals surface area contributed by atoms with Gasteiger partial charge in [0.1, 0.15) is 11.6 Å². The molecule has 0 saturated carbocycles. The number of hydrogen-bond donors (Lipinski definition) is 0. The van der Waals surface area contributed by atoms with Gasteiger partial charge in [0.25, 0.3) is 0 Å². The van der Waals surface area contributed by atoms with Gasteiger partial charge in [-0.25, -0.2) is 9.97 Å². The van der Waals surface area contributed by atoms with Crippen molar-refractivity contribution >= 4 is 23.0 Å². The minimum Gasteiger partial charge on any atom is -0.581 e. The molecule has 0 fully saturated rings. The van der Waals surface area contributed by atoms with Gasteiger partial charge in [-0.3, -0.25) is 0 Å². The van der Waals surface area contributed by atoms with Crippen LogP contribution in [0.4, 0.5) is 23.0 Å². The minimum absolute atomic E-state index is 0. The number of rotatable bonds is 8. The van der Waals surface area contributed by atoms with Gasteiger partial charge in [0, 0.05) is 77.3 Å². The molecule has 2 aliphatic heterocycles. The van der Waals surface area contributed by atoms with E-state index in [4.69, 9.17) is 20.2 Å². The Morgan fingerprint density at radius 2 is 0.594 bits per heavy atom. The van der Waals surface area contributed by atoms with Crippen molar-refractivity contribution < 1.29 is 42.1 Å². The molecule has 0 unspecified atom stereocenters. The van der Waals surface area contributed by atoms with Crippen LogP contribution in [0.15, 0.2) is 292 Å². The number of aromatic nitrogens is 6. The molecule has 4 aromatic heterocycles. The number of benzene rings is 10. The Hall–Kier alpha value is -10.5. The average molecular weight is 1600 g/mol. The molecule has 14 aromatic rings. The first-order chi connectivity index (χ1) is 46.5. The van der Waals surface area contributed by atoms with Crippen LogP contribution >= 0.6 is 0 Å². The van der Waals surface area contributed by atoms with Gasteiger partial charge in [-0.2, -0.15) is 74.3 Å². The van der Waals surface area contributed by atoms with Crippen molar-refractivity contribution in [2.45, 2.75) is 21.9 Å². The molecule has 20 rings (SSSR count). The van der Waals surface area contributed by atoms with Crippen molar-refractivity contribution in [3.8, 4) is 44.5 Å². The van der Waals surface area contributed by atoms with Crippen molar-refractivity contribution in [3.05, 3.63) is 395 Å². The normalized spacial score (nSPS) is 15.6. The average Bonchev–Trinajstić information content (AvgIpc) is 1.53. The van der Waals surface area contributed by atoms with E-state index in [-0.39, 0.29) is 42.1 Å². The first-order valence-corrected chi connectivity index (χ1v) is 31.9. The third kappa shape index (κ3) is 7.82. The smallest absolute Gasteiger partial charge is 0.122 e. The topological polar surface area (TPSA) is 92.7 Å². The van der Waals surface area contributed by atoms with Gasteiger partial charge in [-0.05, 0) is 127 Å². The monoisotopic (exact) mass is 1590 g/mol. The zero-order chi connectivity index (χ0) is 62.3. The van der Waals surface area contributed by atoms with Crippen LogP contribution in [0.1, 0.15) is 78.1 Å². The van der Waals surface area contributed by atoms with E-state index in [1.165, 1.54) is 89.0 Å². The molecule has 0 spiro atoms. The summed E-state index contributed by atoms with van der Waals surface area (Å²) in [4.78, 5) is 19.0. The molecule has 6 heterocycles. The van der Waals surface area contributed by atoms with Crippen LogP contribution in [0.2, 0.25) is 0 Å². The van der Waals surface area contributed by atoms with Crippen molar-refractivity contribution in [2.75, 3.05) is 33.7 Å². The first-order valence-electron chi connectivity index (χ1n) is 31.9. The molecule has 0 atom stereocenters. The van der Waals surface area contributed by atoms with Crippen LogP contribution in [0.3, 0.4) is 0 Å². The fourth-order valence-corrected chi connectivity index (χ4v) is 17.1. The Labute approximate surface area is 586 Å². The molecule has 6 aliphatic rings. The van der Waals surface area contributed by atoms with E-state index in [0.29, 0.717) is 0 Å². The van der Waals surface area contributed by atoms with E-state index in [0.717, 1.165) is 56.7 Å². The van der Waals surface area contributed by atoms with Gasteiger partial charge in [-0.15, -0.1) is 22.3 Å². The van der Waals surface area contributed by atoms with Crippen LogP contribution in [0.25, 0.3) is 44.5 Å². The first kappa shape index (κ1) is 59.3. The van der Waals surface area contributed by atoms with Crippen LogP contribution in [-0.2, 0) is 64.0 Å². The van der Waals surface area contributed by atoms with E-state index >= 15 is 0 Å². The van der Waals surface area contributed by atoms with Crippen molar-refractivity contribution in [1.82, 2.24) is 30.4 Å². The van der Waals surface area contributed by atoms with E-state index in [2.05, 4.69) is 324 Å². The minimum atomic E-state index is -0.742. The summed E-state index contributed by atoms with van der Waals surface area (Å²) in [5, 5.41) is 18.3. The fourth-order valence-electron chi connectivity index (χ4n) is 17.1. The Bertz CT molecular complexity index is 4840. The molecular formula is C84H56N10Pt2-6. The number of nitrogens with zero attached hydrogens (tertiary/aromatic N) is 10. The van der Waals surface area contributed by atoms with Gasteiger partial charge in [-0.1, -0.05) is 206 Å². The third-order valence-electron chi connectivity index (χ3n) is 20.7. The largest absolute Gasteiger partial charge is 0.581 e. The molecule has 10 aromatic carbocycles. The zero-order valence-corrected chi connectivity index (χ0v) is 56.5. The summed E-state index contributed by atoms with van der Waals surface area (Å²) >= 11 is 0. The number of pyridine rings is 2. The molecule has 468 valence electrons. The maximum absolute atomic E-state index is 4.99. The fraction of sp³-hybridized carbons (Fsp3) is 0.0714. The molecule has 0 saturated heterocycles. The van der Waals surface area contributed by atoms with E-state index in [1.54, 1.807) is 12.4 Å². The Morgan fingerprint density at radius 1 is 0.312 bits per heavy atom. The Morgan fingerprint density at radius 3 is 0.896 bits per heavy atom. The molecule has 0 amide bonds. The van der Waals surface area contributed by atoms with Gasteiger partial charge < -0.3 is 40.0 Å². The Kier molecular flexibility index (Phi) is 13.9. The predicted molar refractivity (Wildman–Crippen MR) is 370 cm³/mol. The molecule has 4 aliphatic carbocycles. The SMILES string of the molecule is CN1[CH-]N(C2(c3[c-]c(C4(c5cc[n-]n5)c5ccccc5-c5ccccc54)ccc3)c3ccccc3-c3ccccc32)c2ncccc21.CN1[CH-]N(C2(c3[c-]c(C4(c5cc[n-]n5)c5ccccc5-c5ccccc54)ccc3)c3ccccc3-c3ccccc32)c2ncccc21.[Pt].[Pt]. The molecule has 10 nitrogen and oxygen atoms in total. The quantitative estimate of drug-likeness (QED) is 0.137. The van der Waals surface area contributed by atoms with E-state index in [1.807, 2.05) is 24.5 Å². The summed E-state index contributed by atoms with van der Waals surface area (Å²) in [6.07, 6.45) is 7.36.